The zero-order valence-electron chi connectivity index (χ0n) is 10.1. The Morgan fingerprint density at radius 3 is 2.75 bits per heavy atom. The Balaban J connectivity index is 2.22. The smallest absolute Gasteiger partial charge is 0.233 e. The van der Waals surface area contributed by atoms with Gasteiger partial charge in [0, 0.05) is 18.0 Å². The van der Waals surface area contributed by atoms with E-state index in [1.165, 1.54) is 4.88 Å². The molecule has 0 bridgehead atoms. The number of hydrogen-bond donors (Lipinski definition) is 2. The average molecular weight is 241 g/mol. The van der Waals surface area contributed by atoms with Crippen LogP contribution in [0.1, 0.15) is 28.9 Å². The summed E-state index contributed by atoms with van der Waals surface area (Å²) in [6.07, 6.45) is 0.969. The summed E-state index contributed by atoms with van der Waals surface area (Å²) >= 11 is 1.68. The molecule has 1 aromatic rings. The van der Waals surface area contributed by atoms with Crippen LogP contribution in [0.2, 0.25) is 0 Å². The number of rotatable bonds is 6. The van der Waals surface area contributed by atoms with E-state index < -0.39 is 0 Å². The van der Waals surface area contributed by atoms with E-state index in [1.54, 1.807) is 11.3 Å². The highest BCUT2D eigenvalue weighted by molar-refractivity contribution is 7.11. The monoisotopic (exact) mass is 241 g/mol. The summed E-state index contributed by atoms with van der Waals surface area (Å²) < 4.78 is 0. The summed E-state index contributed by atoms with van der Waals surface area (Å²) in [5.74, 6) is 0.0480. The Hall–Kier alpha value is -0.940. The van der Waals surface area contributed by atoms with E-state index in [-0.39, 0.29) is 5.91 Å². The molecule has 0 aliphatic carbocycles. The van der Waals surface area contributed by atoms with Gasteiger partial charge in [0.05, 0.1) is 12.2 Å². The second-order valence-electron chi connectivity index (χ2n) is 3.70. The van der Waals surface area contributed by atoms with Crippen LogP contribution in [0, 0.1) is 13.8 Å². The lowest BCUT2D eigenvalue weighted by molar-refractivity contribution is -0.120. The first-order chi connectivity index (χ1) is 7.63. The van der Waals surface area contributed by atoms with Crippen molar-refractivity contribution < 1.29 is 4.79 Å². The number of hydrogen-bond acceptors (Lipinski definition) is 4. The number of aryl methyl sites for hydroxylation is 2. The maximum Gasteiger partial charge on any atom is 0.233 e. The van der Waals surface area contributed by atoms with Crippen molar-refractivity contribution in [2.24, 2.45) is 0 Å². The first kappa shape index (κ1) is 13.1. The van der Waals surface area contributed by atoms with Gasteiger partial charge in [-0.1, -0.05) is 6.92 Å². The highest BCUT2D eigenvalue weighted by Crippen LogP contribution is 2.15. The molecule has 1 heterocycles. The fourth-order valence-electron chi connectivity index (χ4n) is 1.22. The molecular weight excluding hydrogens is 222 g/mol. The van der Waals surface area contributed by atoms with Gasteiger partial charge in [-0.15, -0.1) is 11.3 Å². The van der Waals surface area contributed by atoms with E-state index in [0.29, 0.717) is 13.1 Å². The van der Waals surface area contributed by atoms with Crippen molar-refractivity contribution in [1.82, 2.24) is 15.6 Å². The topological polar surface area (TPSA) is 54.0 Å². The van der Waals surface area contributed by atoms with Crippen molar-refractivity contribution >= 4 is 17.2 Å². The summed E-state index contributed by atoms with van der Waals surface area (Å²) in [5.41, 5.74) is 1.08. The molecule has 0 atom stereocenters. The average Bonchev–Trinajstić information content (AvgIpc) is 2.55. The minimum Gasteiger partial charge on any atom is -0.355 e. The summed E-state index contributed by atoms with van der Waals surface area (Å²) in [6.45, 7) is 7.87. The van der Waals surface area contributed by atoms with Crippen molar-refractivity contribution in [3.8, 4) is 0 Å². The molecule has 1 amide bonds. The molecule has 1 rings (SSSR count). The van der Waals surface area contributed by atoms with Crippen molar-refractivity contribution in [3.63, 3.8) is 0 Å². The van der Waals surface area contributed by atoms with E-state index >= 15 is 0 Å². The Labute approximate surface area is 100 Å². The molecule has 4 nitrogen and oxygen atoms in total. The van der Waals surface area contributed by atoms with Crippen molar-refractivity contribution in [2.45, 2.75) is 33.7 Å². The van der Waals surface area contributed by atoms with Crippen LogP contribution in [0.15, 0.2) is 0 Å². The molecule has 2 N–H and O–H groups in total. The van der Waals surface area contributed by atoms with Gasteiger partial charge in [-0.25, -0.2) is 4.98 Å². The zero-order chi connectivity index (χ0) is 12.0. The third-order valence-electron chi connectivity index (χ3n) is 2.21. The van der Waals surface area contributed by atoms with Crippen molar-refractivity contribution in [1.29, 1.82) is 0 Å². The van der Waals surface area contributed by atoms with Gasteiger partial charge in [-0.2, -0.15) is 0 Å². The first-order valence-electron chi connectivity index (χ1n) is 5.53. The van der Waals surface area contributed by atoms with Crippen LogP contribution in [-0.4, -0.2) is 24.0 Å². The number of nitrogens with zero attached hydrogens (tertiary/aromatic N) is 1. The molecule has 0 radical (unpaired) electrons. The van der Waals surface area contributed by atoms with Gasteiger partial charge >= 0.3 is 0 Å². The molecule has 0 aromatic carbocycles. The predicted octanol–water partition coefficient (Wildman–Crippen LogP) is 1.38. The van der Waals surface area contributed by atoms with Gasteiger partial charge < -0.3 is 10.6 Å². The van der Waals surface area contributed by atoms with Gasteiger partial charge in [-0.3, -0.25) is 4.79 Å². The van der Waals surface area contributed by atoms with E-state index in [9.17, 15) is 4.79 Å². The van der Waals surface area contributed by atoms with Crippen LogP contribution in [0.25, 0.3) is 0 Å². The maximum atomic E-state index is 11.3. The van der Waals surface area contributed by atoms with Crippen molar-refractivity contribution in [2.75, 3.05) is 13.1 Å². The van der Waals surface area contributed by atoms with E-state index in [0.717, 1.165) is 23.7 Å². The van der Waals surface area contributed by atoms with Gasteiger partial charge in [0.2, 0.25) is 5.91 Å². The van der Waals surface area contributed by atoms with Crippen LogP contribution in [0.3, 0.4) is 0 Å². The van der Waals surface area contributed by atoms with Gasteiger partial charge in [0.25, 0.3) is 0 Å². The van der Waals surface area contributed by atoms with Crippen LogP contribution >= 0.6 is 11.3 Å². The molecule has 0 spiro atoms. The Kier molecular flexibility index (Phi) is 5.42. The molecule has 16 heavy (non-hydrogen) atoms. The molecule has 0 unspecified atom stereocenters. The highest BCUT2D eigenvalue weighted by Gasteiger charge is 2.04. The van der Waals surface area contributed by atoms with Crippen molar-refractivity contribution in [3.05, 3.63) is 15.6 Å². The number of aromatic nitrogens is 1. The largest absolute Gasteiger partial charge is 0.355 e. The second-order valence-corrected chi connectivity index (χ2v) is 4.99. The first-order valence-corrected chi connectivity index (χ1v) is 6.35. The maximum absolute atomic E-state index is 11.3. The normalized spacial score (nSPS) is 10.4. The minimum absolute atomic E-state index is 0.0480. The van der Waals surface area contributed by atoms with Gasteiger partial charge in [-0.05, 0) is 20.3 Å². The third kappa shape index (κ3) is 4.28. The summed E-state index contributed by atoms with van der Waals surface area (Å²) in [4.78, 5) is 16.9. The summed E-state index contributed by atoms with van der Waals surface area (Å²) in [5, 5.41) is 6.94. The lowest BCUT2D eigenvalue weighted by Gasteiger charge is -2.03. The number of carbonyl (C=O) groups excluding carboxylic acids is 1. The Morgan fingerprint density at radius 2 is 2.19 bits per heavy atom. The van der Waals surface area contributed by atoms with Crippen LogP contribution in [0.5, 0.6) is 0 Å². The zero-order valence-corrected chi connectivity index (χ0v) is 10.9. The second kappa shape index (κ2) is 6.60. The Morgan fingerprint density at radius 1 is 1.44 bits per heavy atom. The lowest BCUT2D eigenvalue weighted by atomic mass is 10.4. The predicted molar refractivity (Wildman–Crippen MR) is 66.6 cm³/mol. The number of nitrogens with one attached hydrogen (secondary N) is 2. The fourth-order valence-corrected chi connectivity index (χ4v) is 2.13. The molecule has 0 saturated carbocycles. The molecule has 90 valence electrons. The highest BCUT2D eigenvalue weighted by atomic mass is 32.1. The number of amides is 1. The van der Waals surface area contributed by atoms with Crippen LogP contribution < -0.4 is 10.6 Å². The van der Waals surface area contributed by atoms with Gasteiger partial charge in [0.1, 0.15) is 5.01 Å². The van der Waals surface area contributed by atoms with E-state index in [4.69, 9.17) is 0 Å². The molecule has 5 heteroatoms. The summed E-state index contributed by atoms with van der Waals surface area (Å²) in [6, 6.07) is 0. The molecule has 1 aromatic heterocycles. The SMILES string of the molecule is CCCNC(=O)CNCc1nc(C)c(C)s1. The van der Waals surface area contributed by atoms with Crippen LogP contribution in [0.4, 0.5) is 0 Å². The Bertz CT molecular complexity index is 329. The van der Waals surface area contributed by atoms with Gasteiger partial charge in [0.15, 0.2) is 0 Å². The standard InChI is InChI=1S/C11H19N3OS/c1-4-5-13-10(15)6-12-7-11-14-8(2)9(3)16-11/h12H,4-7H2,1-3H3,(H,13,15). The molecule has 0 saturated heterocycles. The lowest BCUT2D eigenvalue weighted by Crippen LogP contribution is -2.33. The number of thiazole rings is 1. The minimum atomic E-state index is 0.0480. The quantitative estimate of drug-likeness (QED) is 0.791. The number of carbonyl (C=O) groups is 1. The summed E-state index contributed by atoms with van der Waals surface area (Å²) in [7, 11) is 0. The van der Waals surface area contributed by atoms with Crippen LogP contribution in [-0.2, 0) is 11.3 Å². The van der Waals surface area contributed by atoms with E-state index in [1.807, 2.05) is 13.8 Å². The van der Waals surface area contributed by atoms with E-state index in [2.05, 4.69) is 22.5 Å². The fraction of sp³-hybridized carbons (Fsp3) is 0.636. The molecular formula is C11H19N3OS. The third-order valence-corrected chi connectivity index (χ3v) is 3.28. The molecule has 0 aliphatic heterocycles. The molecule has 0 fully saturated rings. The molecule has 0 aliphatic rings.